The molecule has 1 aromatic carbocycles. The van der Waals surface area contributed by atoms with Crippen molar-refractivity contribution >= 4 is 17.7 Å². The van der Waals surface area contributed by atoms with Crippen molar-refractivity contribution in [1.82, 2.24) is 5.32 Å². The highest BCUT2D eigenvalue weighted by Gasteiger charge is 2.19. The Morgan fingerprint density at radius 2 is 1.84 bits per heavy atom. The lowest BCUT2D eigenvalue weighted by molar-refractivity contribution is 0.0503. The Morgan fingerprint density at radius 3 is 2.36 bits per heavy atom. The third-order valence-electron chi connectivity index (χ3n) is 3.33. The second kappa shape index (κ2) is 9.30. The molecule has 1 aromatic rings. The van der Waals surface area contributed by atoms with Crippen LogP contribution in [0, 0.1) is 13.8 Å². The molecule has 0 heterocycles. The Labute approximate surface area is 151 Å². The Balaban J connectivity index is 2.64. The maximum absolute atomic E-state index is 11.9. The van der Waals surface area contributed by atoms with E-state index < -0.39 is 11.7 Å². The van der Waals surface area contributed by atoms with Gasteiger partial charge < -0.3 is 21.1 Å². The Hall–Kier alpha value is -2.24. The molecule has 6 nitrogen and oxygen atoms in total. The molecule has 25 heavy (non-hydrogen) atoms. The van der Waals surface area contributed by atoms with E-state index in [4.69, 9.17) is 10.5 Å². The summed E-state index contributed by atoms with van der Waals surface area (Å²) in [5, 5.41) is 5.96. The van der Waals surface area contributed by atoms with Crippen LogP contribution >= 0.6 is 0 Å². The number of ether oxygens (including phenoxy) is 1. The lowest BCUT2D eigenvalue weighted by atomic mass is 10.1. The first-order valence-corrected chi connectivity index (χ1v) is 8.74. The molecule has 1 unspecified atom stereocenters. The van der Waals surface area contributed by atoms with E-state index in [1.807, 2.05) is 46.8 Å². The van der Waals surface area contributed by atoms with Crippen LogP contribution in [0.25, 0.3) is 0 Å². The zero-order valence-electron chi connectivity index (χ0n) is 16.3. The van der Waals surface area contributed by atoms with Crippen molar-refractivity contribution in [3.63, 3.8) is 0 Å². The second-order valence-electron chi connectivity index (χ2n) is 7.36. The number of nitrogens with zero attached hydrogens (tertiary/aromatic N) is 1. The lowest BCUT2D eigenvalue weighted by Gasteiger charge is -2.23. The first-order chi connectivity index (χ1) is 11.6. The number of anilines is 1. The predicted octanol–water partition coefficient (Wildman–Crippen LogP) is 3.72. The quantitative estimate of drug-likeness (QED) is 0.540. The molecule has 0 aliphatic heterocycles. The van der Waals surface area contributed by atoms with Crippen LogP contribution in [0.3, 0.4) is 0 Å². The number of nitrogens with two attached hydrogens (primary N) is 1. The molecular formula is C19H32N4O2. The van der Waals surface area contributed by atoms with Crippen molar-refractivity contribution in [2.75, 3.05) is 11.9 Å². The molecule has 0 radical (unpaired) electrons. The van der Waals surface area contributed by atoms with Crippen molar-refractivity contribution in [2.24, 2.45) is 10.7 Å². The number of hydrogen-bond acceptors (Lipinski definition) is 3. The van der Waals surface area contributed by atoms with Crippen LogP contribution < -0.4 is 16.4 Å². The number of benzene rings is 1. The van der Waals surface area contributed by atoms with Gasteiger partial charge in [-0.1, -0.05) is 19.4 Å². The number of rotatable bonds is 6. The van der Waals surface area contributed by atoms with Crippen LogP contribution in [0.2, 0.25) is 0 Å². The third kappa shape index (κ3) is 8.98. The summed E-state index contributed by atoms with van der Waals surface area (Å²) >= 11 is 0. The molecular weight excluding hydrogens is 316 g/mol. The molecule has 1 rings (SSSR count). The number of amides is 1. The van der Waals surface area contributed by atoms with E-state index in [1.54, 1.807) is 0 Å². The fraction of sp³-hybridized carbons (Fsp3) is 0.579. The van der Waals surface area contributed by atoms with E-state index in [9.17, 15) is 4.79 Å². The number of guanidine groups is 1. The topological polar surface area (TPSA) is 88.7 Å². The second-order valence-corrected chi connectivity index (χ2v) is 7.36. The van der Waals surface area contributed by atoms with Gasteiger partial charge in [-0.2, -0.15) is 0 Å². The summed E-state index contributed by atoms with van der Waals surface area (Å²) in [5.41, 5.74) is 8.68. The maximum atomic E-state index is 11.9. The Morgan fingerprint density at radius 1 is 1.24 bits per heavy atom. The number of carbonyl (C=O) groups excluding carboxylic acids is 1. The lowest BCUT2D eigenvalue weighted by Crippen LogP contribution is -2.41. The van der Waals surface area contributed by atoms with Gasteiger partial charge >= 0.3 is 6.09 Å². The van der Waals surface area contributed by atoms with E-state index in [0.717, 1.165) is 29.7 Å². The monoisotopic (exact) mass is 348 g/mol. The summed E-state index contributed by atoms with van der Waals surface area (Å²) in [6, 6.07) is 6.01. The van der Waals surface area contributed by atoms with Gasteiger partial charge in [0.15, 0.2) is 5.96 Å². The molecule has 4 N–H and O–H groups in total. The molecule has 0 spiro atoms. The Kier molecular flexibility index (Phi) is 7.74. The fourth-order valence-corrected chi connectivity index (χ4v) is 2.47. The Bertz CT molecular complexity index is 586. The molecule has 1 amide bonds. The summed E-state index contributed by atoms with van der Waals surface area (Å²) in [6.45, 7) is 12.0. The standard InChI is InChI=1S/C19H32N4O2/c1-7-8-15(23-18(24)25-19(4,5)6)12-21-17(20)22-16-10-13(2)9-14(3)11-16/h9-11,15H,7-8,12H2,1-6H3,(H,23,24)(H3,20,21,22). The minimum absolute atomic E-state index is 0.112. The minimum atomic E-state index is -0.520. The van der Waals surface area contributed by atoms with E-state index in [1.165, 1.54) is 0 Å². The highest BCUT2D eigenvalue weighted by atomic mass is 16.6. The van der Waals surface area contributed by atoms with Gasteiger partial charge in [-0.15, -0.1) is 0 Å². The molecule has 1 atom stereocenters. The maximum Gasteiger partial charge on any atom is 0.407 e. The molecule has 0 aliphatic carbocycles. The van der Waals surface area contributed by atoms with Crippen LogP contribution in [0.5, 0.6) is 0 Å². The molecule has 140 valence electrons. The van der Waals surface area contributed by atoms with Crippen LogP contribution in [0.1, 0.15) is 51.7 Å². The van der Waals surface area contributed by atoms with Gasteiger partial charge in [0, 0.05) is 5.69 Å². The van der Waals surface area contributed by atoms with E-state index in [2.05, 4.69) is 28.6 Å². The normalized spacial score (nSPS) is 13.3. The number of aliphatic imine (C=N–C) groups is 1. The summed E-state index contributed by atoms with van der Waals surface area (Å²) in [6.07, 6.45) is 1.31. The minimum Gasteiger partial charge on any atom is -0.444 e. The van der Waals surface area contributed by atoms with Crippen molar-refractivity contribution in [2.45, 2.75) is 66.0 Å². The van der Waals surface area contributed by atoms with Crippen molar-refractivity contribution in [1.29, 1.82) is 0 Å². The zero-order chi connectivity index (χ0) is 19.0. The fourth-order valence-electron chi connectivity index (χ4n) is 2.47. The van der Waals surface area contributed by atoms with Gasteiger partial charge in [0.25, 0.3) is 0 Å². The van der Waals surface area contributed by atoms with Crippen LogP contribution in [-0.4, -0.2) is 30.2 Å². The highest BCUT2D eigenvalue weighted by molar-refractivity contribution is 5.92. The number of aryl methyl sites for hydroxylation is 2. The average molecular weight is 348 g/mol. The average Bonchev–Trinajstić information content (AvgIpc) is 2.41. The van der Waals surface area contributed by atoms with Gasteiger partial charge in [-0.25, -0.2) is 4.79 Å². The summed E-state index contributed by atoms with van der Waals surface area (Å²) < 4.78 is 5.30. The first kappa shape index (κ1) is 20.8. The van der Waals surface area contributed by atoms with Gasteiger partial charge in [0.1, 0.15) is 5.60 Å². The molecule has 0 saturated carbocycles. The first-order valence-electron chi connectivity index (χ1n) is 8.74. The van der Waals surface area contributed by atoms with Gasteiger partial charge in [0.05, 0.1) is 12.6 Å². The van der Waals surface area contributed by atoms with E-state index in [-0.39, 0.29) is 6.04 Å². The molecule has 0 aliphatic rings. The van der Waals surface area contributed by atoms with Crippen molar-refractivity contribution < 1.29 is 9.53 Å². The largest absolute Gasteiger partial charge is 0.444 e. The smallest absolute Gasteiger partial charge is 0.407 e. The number of carbonyl (C=O) groups is 1. The highest BCUT2D eigenvalue weighted by Crippen LogP contribution is 2.13. The van der Waals surface area contributed by atoms with Gasteiger partial charge in [-0.05, 0) is 64.3 Å². The van der Waals surface area contributed by atoms with E-state index in [0.29, 0.717) is 12.5 Å². The molecule has 0 bridgehead atoms. The van der Waals surface area contributed by atoms with Crippen LogP contribution in [-0.2, 0) is 4.74 Å². The molecule has 0 aromatic heterocycles. The van der Waals surface area contributed by atoms with Crippen LogP contribution in [0.4, 0.5) is 10.5 Å². The predicted molar refractivity (Wildman–Crippen MR) is 104 cm³/mol. The summed E-state index contributed by atoms with van der Waals surface area (Å²) in [7, 11) is 0. The summed E-state index contributed by atoms with van der Waals surface area (Å²) in [4.78, 5) is 16.3. The number of nitrogens with one attached hydrogen (secondary N) is 2. The third-order valence-corrected chi connectivity index (χ3v) is 3.33. The zero-order valence-corrected chi connectivity index (χ0v) is 16.3. The number of hydrogen-bond donors (Lipinski definition) is 3. The number of alkyl carbamates (subject to hydrolysis) is 1. The molecule has 0 saturated heterocycles. The van der Waals surface area contributed by atoms with Crippen LogP contribution in [0.15, 0.2) is 23.2 Å². The van der Waals surface area contributed by atoms with E-state index >= 15 is 0 Å². The SMILES string of the molecule is CCCC(CN=C(N)Nc1cc(C)cc(C)c1)NC(=O)OC(C)(C)C. The molecule has 0 fully saturated rings. The van der Waals surface area contributed by atoms with Gasteiger partial charge in [-0.3, -0.25) is 4.99 Å². The van der Waals surface area contributed by atoms with Crippen molar-refractivity contribution in [3.05, 3.63) is 29.3 Å². The van der Waals surface area contributed by atoms with Crippen molar-refractivity contribution in [3.8, 4) is 0 Å². The molecule has 6 heteroatoms. The summed E-state index contributed by atoms with van der Waals surface area (Å²) in [5.74, 6) is 0.331. The van der Waals surface area contributed by atoms with Gasteiger partial charge in [0.2, 0.25) is 0 Å².